The second-order valence-corrected chi connectivity index (χ2v) is 5.92. The molecule has 0 radical (unpaired) electrons. The first-order valence-electron chi connectivity index (χ1n) is 5.88. The lowest BCUT2D eigenvalue weighted by Gasteiger charge is -2.14. The zero-order valence-corrected chi connectivity index (χ0v) is 12.8. The second kappa shape index (κ2) is 5.62. The van der Waals surface area contributed by atoms with E-state index in [-0.39, 0.29) is 11.7 Å². The van der Waals surface area contributed by atoms with Gasteiger partial charge in [-0.15, -0.1) is 0 Å². The van der Waals surface area contributed by atoms with Crippen LogP contribution in [-0.4, -0.2) is 5.11 Å². The molecular weight excluding hydrogens is 303 g/mol. The van der Waals surface area contributed by atoms with Gasteiger partial charge in [0.05, 0.1) is 5.02 Å². The summed E-state index contributed by atoms with van der Waals surface area (Å²) in [4.78, 5) is 0. The van der Waals surface area contributed by atoms with Gasteiger partial charge in [-0.3, -0.25) is 0 Å². The fourth-order valence-corrected chi connectivity index (χ4v) is 2.60. The molecule has 1 nitrogen and oxygen atoms in total. The SMILES string of the molecule is CC(C)c1cc(-c2cc(Cl)ccc2Cl)c(Cl)cc1O. The predicted molar refractivity (Wildman–Crippen MR) is 82.7 cm³/mol. The fraction of sp³-hybridized carbons (Fsp3) is 0.200. The molecule has 0 fully saturated rings. The summed E-state index contributed by atoms with van der Waals surface area (Å²) >= 11 is 18.4. The maximum absolute atomic E-state index is 9.91. The standard InChI is InChI=1S/C15H13Cl3O/c1-8(2)10-6-12(14(18)7-15(10)19)11-5-9(16)3-4-13(11)17/h3-8,19H,1-2H3. The summed E-state index contributed by atoms with van der Waals surface area (Å²) in [6, 6.07) is 8.64. The van der Waals surface area contributed by atoms with E-state index in [2.05, 4.69) is 0 Å². The largest absolute Gasteiger partial charge is 0.508 e. The van der Waals surface area contributed by atoms with Gasteiger partial charge in [0.2, 0.25) is 0 Å². The van der Waals surface area contributed by atoms with Gasteiger partial charge >= 0.3 is 0 Å². The first-order chi connectivity index (χ1) is 8.90. The smallest absolute Gasteiger partial charge is 0.120 e. The Balaban J connectivity index is 2.68. The number of hydrogen-bond acceptors (Lipinski definition) is 1. The van der Waals surface area contributed by atoms with Crippen LogP contribution in [0, 0.1) is 0 Å². The number of hydrogen-bond donors (Lipinski definition) is 1. The van der Waals surface area contributed by atoms with Crippen LogP contribution >= 0.6 is 34.8 Å². The van der Waals surface area contributed by atoms with Crippen LogP contribution in [0.1, 0.15) is 25.3 Å². The molecule has 0 atom stereocenters. The third-order valence-electron chi connectivity index (χ3n) is 2.96. The molecule has 19 heavy (non-hydrogen) atoms. The average molecular weight is 316 g/mol. The molecule has 0 bridgehead atoms. The molecule has 0 amide bonds. The monoisotopic (exact) mass is 314 g/mol. The summed E-state index contributed by atoms with van der Waals surface area (Å²) in [6.07, 6.45) is 0. The van der Waals surface area contributed by atoms with Crippen molar-refractivity contribution < 1.29 is 5.11 Å². The van der Waals surface area contributed by atoms with Crippen molar-refractivity contribution in [1.29, 1.82) is 0 Å². The summed E-state index contributed by atoms with van der Waals surface area (Å²) in [5.74, 6) is 0.385. The Hall–Kier alpha value is -0.890. The quantitative estimate of drug-likeness (QED) is 0.705. The number of halogens is 3. The Morgan fingerprint density at radius 1 is 0.895 bits per heavy atom. The minimum Gasteiger partial charge on any atom is -0.508 e. The van der Waals surface area contributed by atoms with Gasteiger partial charge in [0.15, 0.2) is 0 Å². The Labute approximate surface area is 127 Å². The molecule has 100 valence electrons. The van der Waals surface area contributed by atoms with E-state index in [0.29, 0.717) is 15.1 Å². The Kier molecular flexibility index (Phi) is 4.29. The van der Waals surface area contributed by atoms with Gasteiger partial charge in [0.1, 0.15) is 5.75 Å². The Bertz CT molecular complexity index is 621. The van der Waals surface area contributed by atoms with Gasteiger partial charge < -0.3 is 5.11 Å². The fourth-order valence-electron chi connectivity index (χ4n) is 1.95. The Morgan fingerprint density at radius 2 is 1.53 bits per heavy atom. The first kappa shape index (κ1) is 14.5. The molecule has 2 aromatic carbocycles. The van der Waals surface area contributed by atoms with Gasteiger partial charge in [-0.1, -0.05) is 48.7 Å². The lowest BCUT2D eigenvalue weighted by Crippen LogP contribution is -1.91. The van der Waals surface area contributed by atoms with Crippen LogP contribution in [0.15, 0.2) is 30.3 Å². The molecule has 0 aromatic heterocycles. The van der Waals surface area contributed by atoms with E-state index in [9.17, 15) is 5.11 Å². The summed E-state index contributed by atoms with van der Waals surface area (Å²) in [7, 11) is 0. The molecule has 0 heterocycles. The molecule has 0 aliphatic rings. The predicted octanol–water partition coefficient (Wildman–Crippen LogP) is 6.14. The van der Waals surface area contributed by atoms with Crippen molar-refractivity contribution in [3.05, 3.63) is 51.0 Å². The molecule has 2 aromatic rings. The minimum absolute atomic E-state index is 0.189. The van der Waals surface area contributed by atoms with Gasteiger partial charge in [-0.05, 0) is 41.8 Å². The van der Waals surface area contributed by atoms with Gasteiger partial charge in [0.25, 0.3) is 0 Å². The third-order valence-corrected chi connectivity index (χ3v) is 3.83. The molecule has 1 N–H and O–H groups in total. The average Bonchev–Trinajstić information content (AvgIpc) is 2.32. The van der Waals surface area contributed by atoms with E-state index in [4.69, 9.17) is 34.8 Å². The normalized spacial score (nSPS) is 11.1. The number of rotatable bonds is 2. The lowest BCUT2D eigenvalue weighted by molar-refractivity contribution is 0.465. The highest BCUT2D eigenvalue weighted by Crippen LogP contribution is 2.40. The third kappa shape index (κ3) is 3.00. The van der Waals surface area contributed by atoms with Crippen LogP contribution in [0.2, 0.25) is 15.1 Å². The molecule has 0 aliphatic heterocycles. The molecule has 0 aliphatic carbocycles. The highest BCUT2D eigenvalue weighted by Gasteiger charge is 2.14. The van der Waals surface area contributed by atoms with Crippen LogP contribution in [0.25, 0.3) is 11.1 Å². The van der Waals surface area contributed by atoms with Gasteiger partial charge in [-0.25, -0.2) is 0 Å². The van der Waals surface area contributed by atoms with Crippen LogP contribution in [0.3, 0.4) is 0 Å². The van der Waals surface area contributed by atoms with E-state index >= 15 is 0 Å². The van der Waals surface area contributed by atoms with E-state index < -0.39 is 0 Å². The lowest BCUT2D eigenvalue weighted by atomic mass is 9.96. The molecule has 2 rings (SSSR count). The summed E-state index contributed by atoms with van der Waals surface area (Å²) in [5.41, 5.74) is 2.37. The zero-order valence-electron chi connectivity index (χ0n) is 10.5. The number of aromatic hydroxyl groups is 1. The summed E-state index contributed by atoms with van der Waals surface area (Å²) in [5, 5.41) is 11.5. The second-order valence-electron chi connectivity index (χ2n) is 4.67. The molecule has 0 spiro atoms. The topological polar surface area (TPSA) is 20.2 Å². The van der Waals surface area contributed by atoms with Crippen LogP contribution in [0.5, 0.6) is 5.75 Å². The molecule has 0 unspecified atom stereocenters. The van der Waals surface area contributed by atoms with Crippen molar-refractivity contribution in [3.8, 4) is 16.9 Å². The molecule has 0 saturated heterocycles. The van der Waals surface area contributed by atoms with Gasteiger partial charge in [-0.2, -0.15) is 0 Å². The zero-order chi connectivity index (χ0) is 14.2. The highest BCUT2D eigenvalue weighted by atomic mass is 35.5. The van der Waals surface area contributed by atoms with Crippen molar-refractivity contribution in [2.24, 2.45) is 0 Å². The molecular formula is C15H13Cl3O. The van der Waals surface area contributed by atoms with Gasteiger partial charge in [0, 0.05) is 21.2 Å². The van der Waals surface area contributed by atoms with E-state index in [0.717, 1.165) is 16.7 Å². The molecule has 4 heteroatoms. The maximum Gasteiger partial charge on any atom is 0.120 e. The first-order valence-corrected chi connectivity index (χ1v) is 7.01. The van der Waals surface area contributed by atoms with E-state index in [1.165, 1.54) is 0 Å². The van der Waals surface area contributed by atoms with Crippen molar-refractivity contribution in [1.82, 2.24) is 0 Å². The maximum atomic E-state index is 9.91. The molecule has 0 saturated carbocycles. The number of phenolic OH excluding ortho intramolecular Hbond substituents is 1. The Morgan fingerprint density at radius 3 is 2.16 bits per heavy atom. The van der Waals surface area contributed by atoms with Crippen LogP contribution in [-0.2, 0) is 0 Å². The van der Waals surface area contributed by atoms with Crippen molar-refractivity contribution in [3.63, 3.8) is 0 Å². The van der Waals surface area contributed by atoms with Crippen LogP contribution < -0.4 is 0 Å². The van der Waals surface area contributed by atoms with E-state index in [1.54, 1.807) is 24.3 Å². The summed E-state index contributed by atoms with van der Waals surface area (Å²) < 4.78 is 0. The minimum atomic E-state index is 0.189. The summed E-state index contributed by atoms with van der Waals surface area (Å²) in [6.45, 7) is 4.01. The number of phenols is 1. The van der Waals surface area contributed by atoms with Crippen molar-refractivity contribution in [2.75, 3.05) is 0 Å². The van der Waals surface area contributed by atoms with E-state index in [1.807, 2.05) is 19.9 Å². The van der Waals surface area contributed by atoms with Crippen molar-refractivity contribution in [2.45, 2.75) is 19.8 Å². The van der Waals surface area contributed by atoms with Crippen molar-refractivity contribution >= 4 is 34.8 Å². The number of benzene rings is 2. The van der Waals surface area contributed by atoms with Crippen LogP contribution in [0.4, 0.5) is 0 Å². The highest BCUT2D eigenvalue weighted by molar-refractivity contribution is 6.37.